The van der Waals surface area contributed by atoms with E-state index in [-0.39, 0.29) is 10.6 Å². The van der Waals surface area contributed by atoms with Crippen LogP contribution in [0.5, 0.6) is 0 Å². The number of anilines is 2. The Kier molecular flexibility index (Phi) is 6.48. The maximum absolute atomic E-state index is 13.4. The third-order valence-corrected chi connectivity index (χ3v) is 8.83. The zero-order valence-electron chi connectivity index (χ0n) is 22.0. The van der Waals surface area contributed by atoms with Crippen molar-refractivity contribution in [3.8, 4) is 5.82 Å². The summed E-state index contributed by atoms with van der Waals surface area (Å²) < 4.78 is 28.8. The van der Waals surface area contributed by atoms with E-state index in [9.17, 15) is 13.2 Å². The maximum atomic E-state index is 13.4. The molecule has 0 spiro atoms. The predicted octanol–water partition coefficient (Wildman–Crippen LogP) is 3.85. The van der Waals surface area contributed by atoms with Crippen molar-refractivity contribution in [1.82, 2.24) is 29.2 Å². The van der Waals surface area contributed by atoms with Gasteiger partial charge in [-0.2, -0.15) is 4.98 Å². The monoisotopic (exact) mass is 563 g/mol. The van der Waals surface area contributed by atoms with Gasteiger partial charge in [0, 0.05) is 35.9 Å². The van der Waals surface area contributed by atoms with Crippen molar-refractivity contribution in [3.05, 3.63) is 63.9 Å². The summed E-state index contributed by atoms with van der Waals surface area (Å²) in [6, 6.07) is 11.0. The molecule has 4 aromatic heterocycles. The van der Waals surface area contributed by atoms with E-state index in [0.29, 0.717) is 35.3 Å². The molecule has 1 fully saturated rings. The zero-order valence-corrected chi connectivity index (χ0v) is 23.6. The van der Waals surface area contributed by atoms with Crippen LogP contribution in [-0.2, 0) is 22.8 Å². The molecule has 0 bridgehead atoms. The molecule has 202 valence electrons. The summed E-state index contributed by atoms with van der Waals surface area (Å²) in [5.41, 5.74) is 2.32. The summed E-state index contributed by atoms with van der Waals surface area (Å²) in [7, 11) is 0.615. The smallest absolute Gasteiger partial charge is 0.278 e. The Balaban J connectivity index is 1.40. The Morgan fingerprint density at radius 2 is 1.95 bits per heavy atom. The predicted molar refractivity (Wildman–Crippen MR) is 154 cm³/mol. The number of nitrogens with zero attached hydrogens (tertiary/aromatic N) is 6. The van der Waals surface area contributed by atoms with Gasteiger partial charge in [0.05, 0.1) is 0 Å². The van der Waals surface area contributed by atoms with Crippen LogP contribution in [-0.4, -0.2) is 64.5 Å². The SMILES string of the molecule is CN(C)CCc1csc2cc(Nc3ncc4c(=O)n(CC5CC5)n(-c5cccc(S(C)(=O)=O)n5)c4n3)ccc12. The fourth-order valence-electron chi connectivity index (χ4n) is 4.59. The quantitative estimate of drug-likeness (QED) is 0.288. The van der Waals surface area contributed by atoms with Crippen molar-refractivity contribution in [3.63, 3.8) is 0 Å². The molecule has 0 aliphatic heterocycles. The van der Waals surface area contributed by atoms with E-state index >= 15 is 0 Å². The Hall–Kier alpha value is -3.61. The molecule has 1 aliphatic carbocycles. The van der Waals surface area contributed by atoms with Crippen molar-refractivity contribution >= 4 is 53.9 Å². The summed E-state index contributed by atoms with van der Waals surface area (Å²) in [5, 5.41) is 7.02. The summed E-state index contributed by atoms with van der Waals surface area (Å²) in [4.78, 5) is 29.1. The van der Waals surface area contributed by atoms with Gasteiger partial charge < -0.3 is 10.2 Å². The molecule has 0 atom stereocenters. The van der Waals surface area contributed by atoms with Crippen molar-refractivity contribution in [2.45, 2.75) is 30.8 Å². The molecule has 1 aromatic carbocycles. The molecule has 1 saturated carbocycles. The number of hydrogen-bond donors (Lipinski definition) is 1. The van der Waals surface area contributed by atoms with E-state index in [1.807, 2.05) is 6.07 Å². The Bertz CT molecular complexity index is 1870. The largest absolute Gasteiger partial charge is 0.324 e. The van der Waals surface area contributed by atoms with Gasteiger partial charge in [0.15, 0.2) is 26.3 Å². The molecular weight excluding hydrogens is 534 g/mol. The van der Waals surface area contributed by atoms with E-state index in [0.717, 1.165) is 37.8 Å². The van der Waals surface area contributed by atoms with E-state index in [1.165, 1.54) is 27.9 Å². The summed E-state index contributed by atoms with van der Waals surface area (Å²) in [6.07, 6.45) is 5.72. The van der Waals surface area contributed by atoms with Crippen molar-refractivity contribution in [2.24, 2.45) is 5.92 Å². The second kappa shape index (κ2) is 9.85. The number of aromatic nitrogens is 5. The van der Waals surface area contributed by atoms with E-state index in [2.05, 4.69) is 51.8 Å². The van der Waals surface area contributed by atoms with Crippen molar-refractivity contribution in [2.75, 3.05) is 32.2 Å². The first-order valence-electron chi connectivity index (χ1n) is 12.8. The van der Waals surface area contributed by atoms with Gasteiger partial charge in [0.1, 0.15) is 5.39 Å². The third kappa shape index (κ3) is 5.19. The Labute approximate surface area is 229 Å². The molecule has 0 unspecified atom stereocenters. The average Bonchev–Trinajstić information content (AvgIpc) is 3.57. The molecule has 1 N–H and O–H groups in total. The first kappa shape index (κ1) is 25.7. The minimum absolute atomic E-state index is 0.0612. The number of likely N-dealkylation sites (N-methyl/N-ethyl adjacent to an activating group) is 1. The van der Waals surface area contributed by atoms with Gasteiger partial charge in [0.25, 0.3) is 5.56 Å². The van der Waals surface area contributed by atoms with Crippen LogP contribution in [0.25, 0.3) is 26.9 Å². The zero-order chi connectivity index (χ0) is 27.3. The molecule has 6 rings (SSSR count). The average molecular weight is 564 g/mol. The Morgan fingerprint density at radius 1 is 1.13 bits per heavy atom. The van der Waals surface area contributed by atoms with Gasteiger partial charge in [-0.05, 0) is 79.9 Å². The molecule has 0 amide bonds. The van der Waals surface area contributed by atoms with Gasteiger partial charge in [0.2, 0.25) is 5.95 Å². The third-order valence-electron chi connectivity index (χ3n) is 6.85. The van der Waals surface area contributed by atoms with Crippen LogP contribution in [0.4, 0.5) is 11.6 Å². The first-order chi connectivity index (χ1) is 18.7. The minimum atomic E-state index is -3.53. The summed E-state index contributed by atoms with van der Waals surface area (Å²) >= 11 is 1.71. The van der Waals surface area contributed by atoms with Crippen LogP contribution in [0.1, 0.15) is 18.4 Å². The van der Waals surface area contributed by atoms with Gasteiger partial charge >= 0.3 is 0 Å². The summed E-state index contributed by atoms with van der Waals surface area (Å²) in [6.45, 7) is 1.50. The topological polar surface area (TPSA) is 115 Å². The van der Waals surface area contributed by atoms with Crippen LogP contribution in [0.15, 0.2) is 57.8 Å². The molecule has 39 heavy (non-hydrogen) atoms. The van der Waals surface area contributed by atoms with Gasteiger partial charge in [-0.1, -0.05) is 12.1 Å². The second-order valence-electron chi connectivity index (χ2n) is 10.3. The number of thiophene rings is 1. The highest BCUT2D eigenvalue weighted by Crippen LogP contribution is 2.32. The van der Waals surface area contributed by atoms with Crippen LogP contribution in [0.3, 0.4) is 0 Å². The molecule has 4 heterocycles. The number of hydrogen-bond acceptors (Lipinski definition) is 9. The maximum Gasteiger partial charge on any atom is 0.278 e. The number of pyridine rings is 1. The molecule has 5 aromatic rings. The van der Waals surface area contributed by atoms with Crippen LogP contribution < -0.4 is 10.9 Å². The highest BCUT2D eigenvalue weighted by Gasteiger charge is 2.27. The number of sulfone groups is 1. The van der Waals surface area contributed by atoms with Crippen molar-refractivity contribution in [1.29, 1.82) is 0 Å². The van der Waals surface area contributed by atoms with E-state index in [4.69, 9.17) is 4.98 Å². The normalized spacial score (nSPS) is 14.1. The second-order valence-corrected chi connectivity index (χ2v) is 13.2. The van der Waals surface area contributed by atoms with Crippen LogP contribution in [0, 0.1) is 5.92 Å². The standard InChI is InChI=1S/C27H29N7O3S2/c1-32(2)12-11-18-16-38-22-13-19(9-10-20(18)22)29-27-28-14-21-25(31-27)34(33(26(21)35)15-17-7-8-17)23-5-4-6-24(30-23)39(3,36)37/h4-6,9-10,13-14,16-17H,7-8,11-12,15H2,1-3H3,(H,28,29,31). The minimum Gasteiger partial charge on any atom is -0.324 e. The molecule has 0 radical (unpaired) electrons. The molecular formula is C27H29N7O3S2. The number of fused-ring (bicyclic) bond motifs is 2. The van der Waals surface area contributed by atoms with Gasteiger partial charge in [-0.25, -0.2) is 27.7 Å². The lowest BCUT2D eigenvalue weighted by Crippen LogP contribution is -2.24. The number of nitrogens with one attached hydrogen (secondary N) is 1. The van der Waals surface area contributed by atoms with Crippen LogP contribution in [0.2, 0.25) is 0 Å². The lowest BCUT2D eigenvalue weighted by atomic mass is 10.1. The van der Waals surface area contributed by atoms with Gasteiger partial charge in [-0.3, -0.25) is 4.79 Å². The fourth-order valence-corrected chi connectivity index (χ4v) is 6.21. The highest BCUT2D eigenvalue weighted by atomic mass is 32.2. The first-order valence-corrected chi connectivity index (χ1v) is 15.5. The fraction of sp³-hybridized carbons (Fsp3) is 0.333. The van der Waals surface area contributed by atoms with Crippen LogP contribution >= 0.6 is 11.3 Å². The lowest BCUT2D eigenvalue weighted by molar-refractivity contribution is 0.414. The molecule has 1 aliphatic rings. The lowest BCUT2D eigenvalue weighted by Gasteiger charge is -2.12. The molecule has 12 heteroatoms. The van der Waals surface area contributed by atoms with Gasteiger partial charge in [-0.15, -0.1) is 11.3 Å². The Morgan fingerprint density at radius 3 is 2.69 bits per heavy atom. The molecule has 10 nitrogen and oxygen atoms in total. The molecule has 0 saturated heterocycles. The van der Waals surface area contributed by atoms with Crippen molar-refractivity contribution < 1.29 is 8.42 Å². The summed E-state index contributed by atoms with van der Waals surface area (Å²) in [5.74, 6) is 1.05. The van der Waals surface area contributed by atoms with E-state index < -0.39 is 9.84 Å². The number of benzene rings is 1. The number of rotatable bonds is 9. The highest BCUT2D eigenvalue weighted by molar-refractivity contribution is 7.90. The van der Waals surface area contributed by atoms with E-state index in [1.54, 1.807) is 32.8 Å².